The van der Waals surface area contributed by atoms with Crippen LogP contribution in [0.3, 0.4) is 0 Å². The highest BCUT2D eigenvalue weighted by atomic mass is 32.2. The summed E-state index contributed by atoms with van der Waals surface area (Å²) in [7, 11) is 0. The molecule has 2 aromatic rings. The van der Waals surface area contributed by atoms with Gasteiger partial charge in [0.15, 0.2) is 4.34 Å². The van der Waals surface area contributed by atoms with Crippen molar-refractivity contribution in [3.8, 4) is 0 Å². The summed E-state index contributed by atoms with van der Waals surface area (Å²) in [5.74, 6) is 0. The van der Waals surface area contributed by atoms with E-state index in [4.69, 9.17) is 5.73 Å². The summed E-state index contributed by atoms with van der Waals surface area (Å²) in [5.41, 5.74) is 6.93. The molecule has 0 aromatic carbocycles. The molecule has 0 saturated heterocycles. The van der Waals surface area contributed by atoms with Crippen LogP contribution in [0.25, 0.3) is 0 Å². The molecule has 0 unspecified atom stereocenters. The second kappa shape index (κ2) is 4.90. The van der Waals surface area contributed by atoms with E-state index >= 15 is 0 Å². The molecule has 1 atom stereocenters. The predicted octanol–water partition coefficient (Wildman–Crippen LogP) is 2.41. The van der Waals surface area contributed by atoms with Gasteiger partial charge >= 0.3 is 0 Å². The minimum Gasteiger partial charge on any atom is -0.324 e. The lowest BCUT2D eigenvalue weighted by Gasteiger charge is -2.08. The molecule has 6 heteroatoms. The van der Waals surface area contributed by atoms with Gasteiger partial charge in [-0.1, -0.05) is 17.4 Å². The number of aromatic nitrogens is 3. The molecule has 0 fully saturated rings. The molecule has 4 nitrogen and oxygen atoms in total. The Hall–Kier alpha value is -0.980. The maximum Gasteiger partial charge on any atom is 0.180 e. The number of nitrogens with zero attached hydrogens (tertiary/aromatic N) is 3. The van der Waals surface area contributed by atoms with Crippen LogP contribution in [0.4, 0.5) is 0 Å². The van der Waals surface area contributed by atoms with E-state index in [1.165, 1.54) is 11.8 Å². The third-order valence-corrected chi connectivity index (χ3v) is 3.91. The fourth-order valence-electron chi connectivity index (χ4n) is 1.24. The monoisotopic (exact) mass is 252 g/mol. The van der Waals surface area contributed by atoms with Crippen LogP contribution >= 0.6 is 23.1 Å². The molecule has 2 rings (SSSR count). The van der Waals surface area contributed by atoms with Crippen molar-refractivity contribution >= 4 is 23.1 Å². The lowest BCUT2D eigenvalue weighted by molar-refractivity contribution is 0.779. The van der Waals surface area contributed by atoms with Gasteiger partial charge in [0.1, 0.15) is 10.0 Å². The van der Waals surface area contributed by atoms with Crippen molar-refractivity contribution < 1.29 is 0 Å². The van der Waals surface area contributed by atoms with Gasteiger partial charge in [0, 0.05) is 17.8 Å². The number of aryl methyl sites for hydroxylation is 1. The maximum atomic E-state index is 5.89. The van der Waals surface area contributed by atoms with Crippen molar-refractivity contribution in [2.45, 2.75) is 29.3 Å². The van der Waals surface area contributed by atoms with Gasteiger partial charge in [-0.15, -0.1) is 10.2 Å². The van der Waals surface area contributed by atoms with Gasteiger partial charge in [-0.25, -0.2) is 4.98 Å². The Morgan fingerprint density at radius 3 is 2.88 bits per heavy atom. The van der Waals surface area contributed by atoms with E-state index in [-0.39, 0.29) is 6.04 Å². The standard InChI is InChI=1S/C10H12N4S2/c1-6(11)8-4-3-5-12-9(8)16-10-14-13-7(2)15-10/h3-6H,11H2,1-2H3/t6-/m0/s1. The highest BCUT2D eigenvalue weighted by molar-refractivity contribution is 8.01. The molecular formula is C10H12N4S2. The van der Waals surface area contributed by atoms with Crippen molar-refractivity contribution in [1.29, 1.82) is 0 Å². The zero-order valence-corrected chi connectivity index (χ0v) is 10.7. The van der Waals surface area contributed by atoms with Gasteiger partial charge < -0.3 is 5.73 Å². The summed E-state index contributed by atoms with van der Waals surface area (Å²) in [4.78, 5) is 4.33. The summed E-state index contributed by atoms with van der Waals surface area (Å²) in [6.07, 6.45) is 1.77. The molecule has 0 saturated carbocycles. The van der Waals surface area contributed by atoms with E-state index in [9.17, 15) is 0 Å². The Bertz CT molecular complexity index is 481. The lowest BCUT2D eigenvalue weighted by atomic mass is 10.2. The van der Waals surface area contributed by atoms with Crippen LogP contribution in [0.2, 0.25) is 0 Å². The molecule has 0 amide bonds. The molecule has 0 aliphatic heterocycles. The average Bonchev–Trinajstić information content (AvgIpc) is 2.64. The number of nitrogens with two attached hydrogens (primary N) is 1. The van der Waals surface area contributed by atoms with Crippen molar-refractivity contribution in [2.24, 2.45) is 5.73 Å². The van der Waals surface area contributed by atoms with E-state index in [1.807, 2.05) is 26.0 Å². The van der Waals surface area contributed by atoms with Crippen molar-refractivity contribution in [3.05, 3.63) is 28.9 Å². The topological polar surface area (TPSA) is 64.7 Å². The second-order valence-corrected chi connectivity index (χ2v) is 5.79. The molecule has 84 valence electrons. The van der Waals surface area contributed by atoms with Crippen LogP contribution < -0.4 is 5.73 Å². The van der Waals surface area contributed by atoms with Crippen molar-refractivity contribution in [3.63, 3.8) is 0 Å². The minimum atomic E-state index is -0.0229. The minimum absolute atomic E-state index is 0.0229. The fraction of sp³-hybridized carbons (Fsp3) is 0.300. The molecule has 0 aliphatic rings. The number of rotatable bonds is 3. The third-order valence-electron chi connectivity index (χ3n) is 1.98. The maximum absolute atomic E-state index is 5.89. The predicted molar refractivity (Wildman–Crippen MR) is 65.6 cm³/mol. The van der Waals surface area contributed by atoms with Gasteiger partial charge in [0.25, 0.3) is 0 Å². The Labute approximate surface area is 102 Å². The molecule has 0 spiro atoms. The van der Waals surface area contributed by atoms with Gasteiger partial charge in [-0.3, -0.25) is 0 Å². The smallest absolute Gasteiger partial charge is 0.180 e. The summed E-state index contributed by atoms with van der Waals surface area (Å²) < 4.78 is 0.901. The SMILES string of the molecule is Cc1nnc(Sc2ncccc2[C@H](C)N)s1. The molecule has 0 aliphatic carbocycles. The summed E-state index contributed by atoms with van der Waals surface area (Å²) in [6, 6.07) is 3.87. The van der Waals surface area contributed by atoms with Crippen LogP contribution in [0.15, 0.2) is 27.7 Å². The number of hydrogen-bond donors (Lipinski definition) is 1. The van der Waals surface area contributed by atoms with Crippen molar-refractivity contribution in [2.75, 3.05) is 0 Å². The molecule has 0 radical (unpaired) electrons. The first kappa shape index (κ1) is 11.5. The zero-order chi connectivity index (χ0) is 11.5. The first-order valence-corrected chi connectivity index (χ1v) is 6.48. The molecule has 2 aromatic heterocycles. The first-order valence-electron chi connectivity index (χ1n) is 4.85. The van der Waals surface area contributed by atoms with E-state index in [1.54, 1.807) is 17.5 Å². The molecule has 2 heterocycles. The van der Waals surface area contributed by atoms with Crippen LogP contribution in [0.5, 0.6) is 0 Å². The lowest BCUT2D eigenvalue weighted by Crippen LogP contribution is -2.06. The summed E-state index contributed by atoms with van der Waals surface area (Å²) in [6.45, 7) is 3.89. The summed E-state index contributed by atoms with van der Waals surface area (Å²) in [5, 5.41) is 9.91. The highest BCUT2D eigenvalue weighted by Gasteiger charge is 2.11. The average molecular weight is 252 g/mol. The van der Waals surface area contributed by atoms with Crippen LogP contribution in [-0.2, 0) is 0 Å². The third kappa shape index (κ3) is 2.58. The van der Waals surface area contributed by atoms with Gasteiger partial charge in [-0.05, 0) is 31.7 Å². The molecule has 0 bridgehead atoms. The summed E-state index contributed by atoms with van der Waals surface area (Å²) >= 11 is 3.08. The molecule has 2 N–H and O–H groups in total. The largest absolute Gasteiger partial charge is 0.324 e. The number of pyridine rings is 1. The highest BCUT2D eigenvalue weighted by Crippen LogP contribution is 2.32. The van der Waals surface area contributed by atoms with Crippen LogP contribution in [0.1, 0.15) is 23.5 Å². The van der Waals surface area contributed by atoms with Crippen LogP contribution in [0, 0.1) is 6.92 Å². The van der Waals surface area contributed by atoms with E-state index in [0.717, 1.165) is 19.9 Å². The Morgan fingerprint density at radius 2 is 2.25 bits per heavy atom. The zero-order valence-electron chi connectivity index (χ0n) is 9.04. The Morgan fingerprint density at radius 1 is 1.44 bits per heavy atom. The first-order chi connectivity index (χ1) is 7.66. The van der Waals surface area contributed by atoms with Crippen molar-refractivity contribution in [1.82, 2.24) is 15.2 Å². The van der Waals surface area contributed by atoms with E-state index in [2.05, 4.69) is 15.2 Å². The van der Waals surface area contributed by atoms with Gasteiger partial charge in [0.2, 0.25) is 0 Å². The Kier molecular flexibility index (Phi) is 3.52. The molecule has 16 heavy (non-hydrogen) atoms. The Balaban J connectivity index is 2.27. The normalized spacial score (nSPS) is 12.7. The van der Waals surface area contributed by atoms with E-state index < -0.39 is 0 Å². The van der Waals surface area contributed by atoms with Gasteiger partial charge in [0.05, 0.1) is 0 Å². The molecular weight excluding hydrogens is 240 g/mol. The van der Waals surface area contributed by atoms with Crippen LogP contribution in [-0.4, -0.2) is 15.2 Å². The van der Waals surface area contributed by atoms with E-state index in [0.29, 0.717) is 0 Å². The quantitative estimate of drug-likeness (QED) is 0.908. The number of hydrogen-bond acceptors (Lipinski definition) is 6. The fourth-order valence-corrected chi connectivity index (χ4v) is 3.15. The van der Waals surface area contributed by atoms with Gasteiger partial charge in [-0.2, -0.15) is 0 Å². The second-order valence-electron chi connectivity index (χ2n) is 3.38.